The Balaban J connectivity index is 0.00000169. The third-order valence-corrected chi connectivity index (χ3v) is 3.01. The van der Waals surface area contributed by atoms with Gasteiger partial charge in [0.25, 0.3) is 0 Å². The first-order valence-electron chi connectivity index (χ1n) is 3.61. The number of alkyl halides is 1. The van der Waals surface area contributed by atoms with E-state index in [2.05, 4.69) is 15.9 Å². The standard InChI is InChI=1S/C8H9BrO3S.Na/c1-6(9)7-2-4-8(5-3-7)13(10,11)12;/h2-6H,1H3,(H,10,11,12);/q;+1/p-1. The first-order valence-corrected chi connectivity index (χ1v) is 5.93. The molecule has 0 amide bonds. The number of benzene rings is 1. The zero-order chi connectivity index (χ0) is 10.1. The van der Waals surface area contributed by atoms with E-state index in [1.165, 1.54) is 12.1 Å². The Bertz CT molecular complexity index is 386. The summed E-state index contributed by atoms with van der Waals surface area (Å²) in [5.41, 5.74) is 0.937. The van der Waals surface area contributed by atoms with E-state index in [0.29, 0.717) is 0 Å². The minimum absolute atomic E-state index is 0. The van der Waals surface area contributed by atoms with Gasteiger partial charge in [-0.15, -0.1) is 0 Å². The van der Waals surface area contributed by atoms with Gasteiger partial charge < -0.3 is 4.55 Å². The van der Waals surface area contributed by atoms with Crippen LogP contribution in [-0.4, -0.2) is 13.0 Å². The summed E-state index contributed by atoms with van der Waals surface area (Å²) in [6.45, 7) is 1.92. The number of halogens is 1. The van der Waals surface area contributed by atoms with Gasteiger partial charge in [-0.2, -0.15) is 0 Å². The van der Waals surface area contributed by atoms with Crippen molar-refractivity contribution in [3.63, 3.8) is 0 Å². The zero-order valence-electron chi connectivity index (χ0n) is 7.90. The van der Waals surface area contributed by atoms with Crippen LogP contribution in [0.3, 0.4) is 0 Å². The van der Waals surface area contributed by atoms with E-state index in [0.717, 1.165) is 5.56 Å². The van der Waals surface area contributed by atoms with E-state index in [1.54, 1.807) is 12.1 Å². The summed E-state index contributed by atoms with van der Waals surface area (Å²) in [5.74, 6) is 0. The van der Waals surface area contributed by atoms with E-state index in [1.807, 2.05) is 6.92 Å². The van der Waals surface area contributed by atoms with Crippen molar-refractivity contribution in [3.8, 4) is 0 Å². The smallest absolute Gasteiger partial charge is 0.744 e. The SMILES string of the molecule is CC(Br)c1ccc(S(=O)(=O)[O-])cc1.[Na+]. The summed E-state index contributed by atoms with van der Waals surface area (Å²) in [7, 11) is -4.31. The van der Waals surface area contributed by atoms with E-state index < -0.39 is 10.1 Å². The van der Waals surface area contributed by atoms with Crippen molar-refractivity contribution >= 4 is 26.0 Å². The van der Waals surface area contributed by atoms with Crippen LogP contribution in [0.1, 0.15) is 17.3 Å². The van der Waals surface area contributed by atoms with Crippen molar-refractivity contribution in [2.45, 2.75) is 16.6 Å². The van der Waals surface area contributed by atoms with Crippen molar-refractivity contribution in [2.24, 2.45) is 0 Å². The number of hydrogen-bond donors (Lipinski definition) is 0. The predicted octanol–water partition coefficient (Wildman–Crippen LogP) is -0.949. The molecular formula is C8H8BrNaO3S. The van der Waals surface area contributed by atoms with Crippen molar-refractivity contribution in [3.05, 3.63) is 29.8 Å². The topological polar surface area (TPSA) is 57.2 Å². The van der Waals surface area contributed by atoms with Crippen LogP contribution >= 0.6 is 15.9 Å². The largest absolute Gasteiger partial charge is 1.00 e. The minimum atomic E-state index is -4.31. The summed E-state index contributed by atoms with van der Waals surface area (Å²) in [6, 6.07) is 5.86. The quantitative estimate of drug-likeness (QED) is 0.400. The van der Waals surface area contributed by atoms with Gasteiger partial charge in [0, 0.05) is 4.83 Å². The van der Waals surface area contributed by atoms with Crippen molar-refractivity contribution in [1.29, 1.82) is 0 Å². The van der Waals surface area contributed by atoms with E-state index in [9.17, 15) is 13.0 Å². The van der Waals surface area contributed by atoms with E-state index in [-0.39, 0.29) is 39.3 Å². The number of hydrogen-bond acceptors (Lipinski definition) is 3. The van der Waals surface area contributed by atoms with Crippen molar-refractivity contribution in [2.75, 3.05) is 0 Å². The van der Waals surface area contributed by atoms with Gasteiger partial charge in [-0.3, -0.25) is 0 Å². The molecule has 14 heavy (non-hydrogen) atoms. The van der Waals surface area contributed by atoms with Crippen LogP contribution < -0.4 is 29.6 Å². The molecule has 0 spiro atoms. The summed E-state index contributed by atoms with van der Waals surface area (Å²) in [5, 5.41) is 0. The van der Waals surface area contributed by atoms with Crippen LogP contribution in [-0.2, 0) is 10.1 Å². The summed E-state index contributed by atoms with van der Waals surface area (Å²) < 4.78 is 31.6. The molecule has 0 aliphatic rings. The molecule has 1 aromatic carbocycles. The van der Waals surface area contributed by atoms with Crippen LogP contribution in [0.2, 0.25) is 0 Å². The third-order valence-electron chi connectivity index (χ3n) is 1.63. The molecule has 1 rings (SSSR count). The molecule has 1 aromatic rings. The van der Waals surface area contributed by atoms with Crippen LogP contribution in [0.25, 0.3) is 0 Å². The minimum Gasteiger partial charge on any atom is -0.744 e. The Morgan fingerprint density at radius 1 is 1.29 bits per heavy atom. The molecule has 0 saturated carbocycles. The van der Waals surface area contributed by atoms with Gasteiger partial charge in [0.2, 0.25) is 0 Å². The fraction of sp³-hybridized carbons (Fsp3) is 0.250. The monoisotopic (exact) mass is 286 g/mol. The third kappa shape index (κ3) is 4.00. The Kier molecular flexibility index (Phi) is 5.87. The summed E-state index contributed by atoms with van der Waals surface area (Å²) >= 11 is 3.33. The maximum atomic E-state index is 10.5. The predicted molar refractivity (Wildman–Crippen MR) is 51.7 cm³/mol. The Morgan fingerprint density at radius 3 is 2.00 bits per heavy atom. The van der Waals surface area contributed by atoms with Crippen LogP contribution in [0.4, 0.5) is 0 Å². The molecule has 3 nitrogen and oxygen atoms in total. The molecule has 0 aliphatic carbocycles. The van der Waals surface area contributed by atoms with Gasteiger partial charge in [0.05, 0.1) is 4.90 Å². The fourth-order valence-corrected chi connectivity index (χ4v) is 1.67. The van der Waals surface area contributed by atoms with Gasteiger partial charge in [-0.05, 0) is 24.6 Å². The Morgan fingerprint density at radius 2 is 1.71 bits per heavy atom. The normalized spacial score (nSPS) is 13.1. The van der Waals surface area contributed by atoms with Crippen LogP contribution in [0.15, 0.2) is 29.2 Å². The average molecular weight is 287 g/mol. The Labute approximate surface area is 114 Å². The van der Waals surface area contributed by atoms with Gasteiger partial charge >= 0.3 is 29.6 Å². The maximum Gasteiger partial charge on any atom is 1.00 e. The fourth-order valence-electron chi connectivity index (χ4n) is 0.900. The average Bonchev–Trinajstić information content (AvgIpc) is 2.03. The molecule has 1 unspecified atom stereocenters. The van der Waals surface area contributed by atoms with Crippen LogP contribution in [0, 0.1) is 0 Å². The first kappa shape index (κ1) is 14.6. The van der Waals surface area contributed by atoms with Crippen molar-refractivity contribution in [1.82, 2.24) is 0 Å². The zero-order valence-corrected chi connectivity index (χ0v) is 12.3. The van der Waals surface area contributed by atoms with E-state index >= 15 is 0 Å². The first-order chi connectivity index (χ1) is 5.91. The second kappa shape index (κ2) is 5.63. The molecule has 1 atom stereocenters. The molecule has 6 heteroatoms. The van der Waals surface area contributed by atoms with Crippen molar-refractivity contribution < 1.29 is 42.5 Å². The molecule has 0 N–H and O–H groups in total. The second-order valence-corrected chi connectivity index (χ2v) is 5.39. The Hall–Kier alpha value is 0.610. The second-order valence-electron chi connectivity index (χ2n) is 2.64. The molecule has 72 valence electrons. The molecule has 0 heterocycles. The molecule has 0 radical (unpaired) electrons. The molecule has 0 aliphatic heterocycles. The van der Waals surface area contributed by atoms with Crippen LogP contribution in [0.5, 0.6) is 0 Å². The van der Waals surface area contributed by atoms with E-state index in [4.69, 9.17) is 0 Å². The summed E-state index contributed by atoms with van der Waals surface area (Å²) in [6.07, 6.45) is 0. The molecule has 0 aromatic heterocycles. The summed E-state index contributed by atoms with van der Waals surface area (Å²) in [4.78, 5) is -0.0414. The molecular weight excluding hydrogens is 279 g/mol. The molecule has 0 bridgehead atoms. The van der Waals surface area contributed by atoms with Gasteiger partial charge in [-0.25, -0.2) is 8.42 Å². The number of rotatable bonds is 2. The van der Waals surface area contributed by atoms with Gasteiger partial charge in [0.1, 0.15) is 10.1 Å². The van der Waals surface area contributed by atoms with Gasteiger partial charge in [0.15, 0.2) is 0 Å². The molecule has 0 saturated heterocycles. The van der Waals surface area contributed by atoms with Gasteiger partial charge in [-0.1, -0.05) is 28.1 Å². The maximum absolute atomic E-state index is 10.5. The molecule has 0 fully saturated rings.